The van der Waals surface area contributed by atoms with Gasteiger partial charge in [-0.3, -0.25) is 0 Å². The molecule has 0 spiro atoms. The molecule has 1 atom stereocenters. The molecule has 0 amide bonds. The molecule has 5 nitrogen and oxygen atoms in total. The topological polar surface area (TPSA) is 64.3 Å². The van der Waals surface area contributed by atoms with Crippen LogP contribution in [0.2, 0.25) is 0 Å². The molecule has 1 aliphatic rings. The monoisotopic (exact) mass is 236 g/mol. The number of hydrogen-bond acceptors (Lipinski definition) is 5. The number of nitrogens with zero attached hydrogens (tertiary/aromatic N) is 3. The lowest BCUT2D eigenvalue weighted by Crippen LogP contribution is -2.38. The third kappa shape index (κ3) is 2.85. The van der Waals surface area contributed by atoms with Crippen LogP contribution in [0.1, 0.15) is 18.4 Å². The summed E-state index contributed by atoms with van der Waals surface area (Å²) in [4.78, 5) is 10.6. The van der Waals surface area contributed by atoms with E-state index >= 15 is 0 Å². The highest BCUT2D eigenvalue weighted by atomic mass is 16.5. The van der Waals surface area contributed by atoms with Crippen LogP contribution in [-0.2, 0) is 4.74 Å². The van der Waals surface area contributed by atoms with E-state index in [0.29, 0.717) is 11.9 Å². The van der Waals surface area contributed by atoms with Crippen molar-refractivity contribution in [3.05, 3.63) is 11.8 Å². The van der Waals surface area contributed by atoms with Crippen LogP contribution < -0.4 is 10.6 Å². The van der Waals surface area contributed by atoms with Gasteiger partial charge in [0.05, 0.1) is 6.61 Å². The maximum Gasteiger partial charge on any atom is 0.221 e. The lowest BCUT2D eigenvalue weighted by molar-refractivity contribution is 0.143. The summed E-state index contributed by atoms with van der Waals surface area (Å²) in [6.07, 6.45) is 4.19. The highest BCUT2D eigenvalue weighted by molar-refractivity contribution is 5.48. The molecule has 17 heavy (non-hydrogen) atoms. The number of hydrogen-bond donors (Lipinski definition) is 1. The predicted molar refractivity (Wildman–Crippen MR) is 68.0 cm³/mol. The zero-order valence-corrected chi connectivity index (χ0v) is 10.5. The first-order valence-electron chi connectivity index (χ1n) is 6.03. The van der Waals surface area contributed by atoms with Gasteiger partial charge in [-0.15, -0.1) is 0 Å². The van der Waals surface area contributed by atoms with E-state index in [4.69, 9.17) is 10.5 Å². The summed E-state index contributed by atoms with van der Waals surface area (Å²) in [5, 5.41) is 0. The summed E-state index contributed by atoms with van der Waals surface area (Å²) in [7, 11) is 1.76. The number of nitrogen functional groups attached to an aromatic ring is 1. The molecule has 1 unspecified atom stereocenters. The Morgan fingerprint density at radius 1 is 1.59 bits per heavy atom. The molecule has 1 aromatic heterocycles. The van der Waals surface area contributed by atoms with E-state index in [2.05, 4.69) is 14.9 Å². The minimum atomic E-state index is 0.347. The van der Waals surface area contributed by atoms with Crippen LogP contribution in [0.3, 0.4) is 0 Å². The minimum Gasteiger partial charge on any atom is -0.384 e. The zero-order valence-electron chi connectivity index (χ0n) is 10.5. The average molecular weight is 236 g/mol. The number of nitrogens with two attached hydrogens (primary N) is 1. The summed E-state index contributed by atoms with van der Waals surface area (Å²) in [5.74, 6) is 1.90. The molecule has 1 fully saturated rings. The first kappa shape index (κ1) is 12.1. The zero-order chi connectivity index (χ0) is 12.3. The van der Waals surface area contributed by atoms with Crippen molar-refractivity contribution in [2.45, 2.75) is 19.8 Å². The minimum absolute atomic E-state index is 0.347. The summed E-state index contributed by atoms with van der Waals surface area (Å²) >= 11 is 0. The number of rotatable bonds is 3. The highest BCUT2D eigenvalue weighted by Crippen LogP contribution is 2.24. The van der Waals surface area contributed by atoms with E-state index in [1.807, 2.05) is 6.92 Å². The largest absolute Gasteiger partial charge is 0.384 e. The molecule has 5 heteroatoms. The summed E-state index contributed by atoms with van der Waals surface area (Å²) in [6, 6.07) is 0. The first-order chi connectivity index (χ1) is 8.20. The molecule has 1 saturated heterocycles. The fourth-order valence-corrected chi connectivity index (χ4v) is 2.40. The average Bonchev–Trinajstić information content (AvgIpc) is 2.33. The quantitative estimate of drug-likeness (QED) is 0.855. The van der Waals surface area contributed by atoms with Crippen LogP contribution in [0.25, 0.3) is 0 Å². The lowest BCUT2D eigenvalue weighted by Gasteiger charge is -2.34. The Balaban J connectivity index is 2.13. The normalized spacial score (nSPS) is 20.6. The van der Waals surface area contributed by atoms with Gasteiger partial charge in [-0.2, -0.15) is 4.98 Å². The fourth-order valence-electron chi connectivity index (χ4n) is 2.40. The summed E-state index contributed by atoms with van der Waals surface area (Å²) in [5.41, 5.74) is 6.73. The Bertz CT molecular complexity index is 381. The third-order valence-corrected chi connectivity index (χ3v) is 3.18. The maximum absolute atomic E-state index is 5.65. The van der Waals surface area contributed by atoms with Crippen molar-refractivity contribution in [1.82, 2.24) is 9.97 Å². The van der Waals surface area contributed by atoms with Crippen LogP contribution in [-0.4, -0.2) is 36.8 Å². The summed E-state index contributed by atoms with van der Waals surface area (Å²) in [6.45, 7) is 4.87. The fraction of sp³-hybridized carbons (Fsp3) is 0.667. The second kappa shape index (κ2) is 5.31. The van der Waals surface area contributed by atoms with Gasteiger partial charge in [0.1, 0.15) is 5.82 Å². The molecular formula is C12H20N4O. The standard InChI is InChI=1S/C12H20N4O/c1-9-6-14-12(13)15-11(9)16-5-3-4-10(7-16)8-17-2/h6,10H,3-5,7-8H2,1-2H3,(H2,13,14,15). The number of piperidine rings is 1. The van der Waals surface area contributed by atoms with Gasteiger partial charge in [0.2, 0.25) is 5.95 Å². The van der Waals surface area contributed by atoms with Gasteiger partial charge in [-0.1, -0.05) is 0 Å². The molecule has 0 bridgehead atoms. The SMILES string of the molecule is COCC1CCCN(c2nc(N)ncc2C)C1. The van der Waals surface area contributed by atoms with Crippen LogP contribution in [0, 0.1) is 12.8 Å². The Morgan fingerprint density at radius 3 is 3.18 bits per heavy atom. The smallest absolute Gasteiger partial charge is 0.221 e. The number of ether oxygens (including phenoxy) is 1. The Labute approximate surface area is 102 Å². The molecule has 94 valence electrons. The molecule has 2 N–H and O–H groups in total. The molecule has 0 saturated carbocycles. The van der Waals surface area contributed by atoms with E-state index in [0.717, 1.165) is 31.1 Å². The van der Waals surface area contributed by atoms with Crippen molar-refractivity contribution in [2.24, 2.45) is 5.92 Å². The molecule has 1 aliphatic heterocycles. The Morgan fingerprint density at radius 2 is 2.41 bits per heavy atom. The molecule has 2 heterocycles. The van der Waals surface area contributed by atoms with E-state index in [1.165, 1.54) is 12.8 Å². The van der Waals surface area contributed by atoms with Crippen LogP contribution in [0.15, 0.2) is 6.20 Å². The second-order valence-corrected chi connectivity index (χ2v) is 4.64. The van der Waals surface area contributed by atoms with Crippen molar-refractivity contribution in [3.8, 4) is 0 Å². The van der Waals surface area contributed by atoms with Gasteiger partial charge in [0.25, 0.3) is 0 Å². The van der Waals surface area contributed by atoms with Gasteiger partial charge >= 0.3 is 0 Å². The molecule has 0 aromatic carbocycles. The van der Waals surface area contributed by atoms with E-state index in [1.54, 1.807) is 13.3 Å². The van der Waals surface area contributed by atoms with Gasteiger partial charge in [-0.25, -0.2) is 4.98 Å². The Kier molecular flexibility index (Phi) is 3.78. The lowest BCUT2D eigenvalue weighted by atomic mass is 9.99. The first-order valence-corrected chi connectivity index (χ1v) is 6.03. The molecule has 2 rings (SSSR count). The summed E-state index contributed by atoms with van der Waals surface area (Å²) < 4.78 is 5.24. The van der Waals surface area contributed by atoms with Gasteiger partial charge in [0, 0.05) is 32.0 Å². The van der Waals surface area contributed by atoms with E-state index < -0.39 is 0 Å². The predicted octanol–water partition coefficient (Wildman–Crippen LogP) is 1.23. The van der Waals surface area contributed by atoms with Gasteiger partial charge < -0.3 is 15.4 Å². The maximum atomic E-state index is 5.65. The van der Waals surface area contributed by atoms with Crippen molar-refractivity contribution in [1.29, 1.82) is 0 Å². The number of anilines is 2. The molecule has 1 aromatic rings. The second-order valence-electron chi connectivity index (χ2n) is 4.64. The van der Waals surface area contributed by atoms with Crippen molar-refractivity contribution >= 4 is 11.8 Å². The molecular weight excluding hydrogens is 216 g/mol. The van der Waals surface area contributed by atoms with E-state index in [9.17, 15) is 0 Å². The van der Waals surface area contributed by atoms with Gasteiger partial charge in [-0.05, 0) is 25.7 Å². The molecule has 0 radical (unpaired) electrons. The Hall–Kier alpha value is -1.36. The van der Waals surface area contributed by atoms with Crippen LogP contribution >= 0.6 is 0 Å². The third-order valence-electron chi connectivity index (χ3n) is 3.18. The highest BCUT2D eigenvalue weighted by Gasteiger charge is 2.22. The van der Waals surface area contributed by atoms with E-state index in [-0.39, 0.29) is 0 Å². The molecule has 0 aliphatic carbocycles. The number of aryl methyl sites for hydroxylation is 1. The number of methoxy groups -OCH3 is 1. The van der Waals surface area contributed by atoms with Crippen molar-refractivity contribution in [2.75, 3.05) is 37.4 Å². The number of aromatic nitrogens is 2. The van der Waals surface area contributed by atoms with Gasteiger partial charge in [0.15, 0.2) is 0 Å². The van der Waals surface area contributed by atoms with Crippen molar-refractivity contribution < 1.29 is 4.74 Å². The van der Waals surface area contributed by atoms with Crippen LogP contribution in [0.4, 0.5) is 11.8 Å². The van der Waals surface area contributed by atoms with Crippen LogP contribution in [0.5, 0.6) is 0 Å². The van der Waals surface area contributed by atoms with Crippen molar-refractivity contribution in [3.63, 3.8) is 0 Å².